The summed E-state index contributed by atoms with van der Waals surface area (Å²) >= 11 is 6.02. The van der Waals surface area contributed by atoms with E-state index in [4.69, 9.17) is 21.6 Å². The lowest BCUT2D eigenvalue weighted by atomic mass is 10.1. The molecule has 3 aromatic carbocycles. The molecule has 144 valence electrons. The molecule has 6 heteroatoms. The zero-order valence-corrected chi connectivity index (χ0v) is 16.1. The van der Waals surface area contributed by atoms with Crippen molar-refractivity contribution in [3.63, 3.8) is 0 Å². The fourth-order valence-corrected chi connectivity index (χ4v) is 2.85. The summed E-state index contributed by atoms with van der Waals surface area (Å²) in [5, 5.41) is 11.9. The first-order valence-corrected chi connectivity index (χ1v) is 9.28. The minimum absolute atomic E-state index is 0.219. The van der Waals surface area contributed by atoms with E-state index in [-0.39, 0.29) is 18.3 Å². The molecule has 1 N–H and O–H groups in total. The fraction of sp³-hybridized carbons (Fsp3) is 0.0870. The predicted octanol–water partition coefficient (Wildman–Crippen LogP) is 5.00. The summed E-state index contributed by atoms with van der Waals surface area (Å²) in [6.45, 7) is 0. The zero-order chi connectivity index (χ0) is 20.6. The molecule has 0 heterocycles. The van der Waals surface area contributed by atoms with Gasteiger partial charge in [-0.1, -0.05) is 35.9 Å². The number of amides is 1. The standard InChI is InChI=1S/C23H17ClN2O3/c24-21-4-2-1-3-20(21)23(28)26-18-10-12-19(13-11-18)29-22(27)14-9-16-5-7-17(15-25)8-6-16/h1-8,10-13H,9,14H2,(H,26,28). The lowest BCUT2D eigenvalue weighted by Gasteiger charge is -2.08. The third-order valence-corrected chi connectivity index (χ3v) is 4.49. The molecular weight excluding hydrogens is 388 g/mol. The summed E-state index contributed by atoms with van der Waals surface area (Å²) in [7, 11) is 0. The Labute approximate surface area is 173 Å². The highest BCUT2D eigenvalue weighted by Crippen LogP contribution is 2.20. The second-order valence-electron chi connectivity index (χ2n) is 6.24. The number of nitrogens with one attached hydrogen (secondary N) is 1. The van der Waals surface area contributed by atoms with E-state index < -0.39 is 0 Å². The number of carbonyl (C=O) groups excluding carboxylic acids is 2. The normalized spacial score (nSPS) is 10.1. The molecule has 0 saturated heterocycles. The van der Waals surface area contributed by atoms with E-state index in [2.05, 4.69) is 11.4 Å². The van der Waals surface area contributed by atoms with Crippen molar-refractivity contribution >= 4 is 29.2 Å². The molecule has 0 unspecified atom stereocenters. The molecule has 0 aliphatic carbocycles. The first kappa shape index (κ1) is 20.1. The smallest absolute Gasteiger partial charge is 0.311 e. The molecule has 0 bridgehead atoms. The van der Waals surface area contributed by atoms with Crippen LogP contribution in [0.25, 0.3) is 0 Å². The number of benzene rings is 3. The fourth-order valence-electron chi connectivity index (χ4n) is 2.62. The van der Waals surface area contributed by atoms with Crippen LogP contribution in [0.4, 0.5) is 5.69 Å². The summed E-state index contributed by atoms with van der Waals surface area (Å²) in [6.07, 6.45) is 0.743. The van der Waals surface area contributed by atoms with Crippen LogP contribution in [0.1, 0.15) is 27.9 Å². The van der Waals surface area contributed by atoms with Crippen LogP contribution in [0.2, 0.25) is 5.02 Å². The van der Waals surface area contributed by atoms with E-state index in [1.54, 1.807) is 60.7 Å². The third-order valence-electron chi connectivity index (χ3n) is 4.16. The number of hydrogen-bond donors (Lipinski definition) is 1. The van der Waals surface area contributed by atoms with Crippen LogP contribution in [-0.2, 0) is 11.2 Å². The van der Waals surface area contributed by atoms with E-state index >= 15 is 0 Å². The minimum atomic E-state index is -0.359. The molecule has 0 aliphatic rings. The first-order valence-electron chi connectivity index (χ1n) is 8.91. The molecule has 3 aromatic rings. The third kappa shape index (κ3) is 5.68. The van der Waals surface area contributed by atoms with Crippen molar-refractivity contribution in [3.8, 4) is 11.8 Å². The van der Waals surface area contributed by atoms with Crippen LogP contribution in [0, 0.1) is 11.3 Å². The maximum atomic E-state index is 12.3. The van der Waals surface area contributed by atoms with Crippen molar-refractivity contribution in [3.05, 3.63) is 94.5 Å². The zero-order valence-electron chi connectivity index (χ0n) is 15.4. The maximum Gasteiger partial charge on any atom is 0.311 e. The molecule has 0 saturated carbocycles. The van der Waals surface area contributed by atoms with Gasteiger partial charge in [-0.2, -0.15) is 5.26 Å². The number of anilines is 1. The molecule has 0 aliphatic heterocycles. The summed E-state index contributed by atoms with van der Waals surface area (Å²) in [4.78, 5) is 24.3. The number of carbonyl (C=O) groups is 2. The molecule has 3 rings (SSSR count). The predicted molar refractivity (Wildman–Crippen MR) is 111 cm³/mol. The van der Waals surface area contributed by atoms with E-state index in [0.29, 0.717) is 34.0 Å². The van der Waals surface area contributed by atoms with Crippen LogP contribution in [0.5, 0.6) is 5.75 Å². The van der Waals surface area contributed by atoms with Gasteiger partial charge < -0.3 is 10.1 Å². The molecule has 0 fully saturated rings. The summed E-state index contributed by atoms with van der Waals surface area (Å²) in [5.74, 6) is -0.282. The van der Waals surface area contributed by atoms with Gasteiger partial charge in [-0.3, -0.25) is 9.59 Å². The van der Waals surface area contributed by atoms with Crippen LogP contribution in [-0.4, -0.2) is 11.9 Å². The number of halogens is 1. The van der Waals surface area contributed by atoms with E-state index in [1.807, 2.05) is 12.1 Å². The van der Waals surface area contributed by atoms with Gasteiger partial charge in [-0.15, -0.1) is 0 Å². The highest BCUT2D eigenvalue weighted by molar-refractivity contribution is 6.34. The monoisotopic (exact) mass is 404 g/mol. The Hall–Kier alpha value is -3.62. The van der Waals surface area contributed by atoms with Gasteiger partial charge in [0.15, 0.2) is 0 Å². The number of aryl methyl sites for hydroxylation is 1. The number of rotatable bonds is 6. The van der Waals surface area contributed by atoms with Crippen molar-refractivity contribution in [2.24, 2.45) is 0 Å². The van der Waals surface area contributed by atoms with Crippen LogP contribution in [0.15, 0.2) is 72.8 Å². The highest BCUT2D eigenvalue weighted by atomic mass is 35.5. The van der Waals surface area contributed by atoms with Gasteiger partial charge in [0.05, 0.1) is 22.2 Å². The Morgan fingerprint density at radius 2 is 1.66 bits per heavy atom. The molecule has 5 nitrogen and oxygen atoms in total. The van der Waals surface area contributed by atoms with E-state index in [9.17, 15) is 9.59 Å². The van der Waals surface area contributed by atoms with E-state index in [0.717, 1.165) is 5.56 Å². The number of esters is 1. The second-order valence-corrected chi connectivity index (χ2v) is 6.65. The molecule has 0 atom stereocenters. The van der Waals surface area contributed by atoms with Crippen molar-refractivity contribution in [1.82, 2.24) is 0 Å². The first-order chi connectivity index (χ1) is 14.0. The van der Waals surface area contributed by atoms with Crippen molar-refractivity contribution in [1.29, 1.82) is 5.26 Å². The quantitative estimate of drug-likeness (QED) is 0.463. The minimum Gasteiger partial charge on any atom is -0.427 e. The largest absolute Gasteiger partial charge is 0.427 e. The Kier molecular flexibility index (Phi) is 6.62. The summed E-state index contributed by atoms with van der Waals surface area (Å²) < 4.78 is 5.32. The molecule has 0 spiro atoms. The van der Waals surface area contributed by atoms with Gasteiger partial charge in [0.1, 0.15) is 5.75 Å². The Morgan fingerprint density at radius 1 is 0.966 bits per heavy atom. The molecule has 1 amide bonds. The SMILES string of the molecule is N#Cc1ccc(CCC(=O)Oc2ccc(NC(=O)c3ccccc3Cl)cc2)cc1. The van der Waals surface area contributed by atoms with Crippen LogP contribution in [0.3, 0.4) is 0 Å². The number of nitrogens with zero attached hydrogens (tertiary/aromatic N) is 1. The van der Waals surface area contributed by atoms with E-state index in [1.165, 1.54) is 0 Å². The second kappa shape index (κ2) is 9.54. The highest BCUT2D eigenvalue weighted by Gasteiger charge is 2.10. The van der Waals surface area contributed by atoms with Crippen LogP contribution < -0.4 is 10.1 Å². The van der Waals surface area contributed by atoms with Gasteiger partial charge in [0, 0.05) is 12.1 Å². The lowest BCUT2D eigenvalue weighted by molar-refractivity contribution is -0.134. The average Bonchev–Trinajstić information content (AvgIpc) is 2.74. The van der Waals surface area contributed by atoms with Gasteiger partial charge in [-0.25, -0.2) is 0 Å². The number of hydrogen-bond acceptors (Lipinski definition) is 4. The van der Waals surface area contributed by atoms with Crippen molar-refractivity contribution < 1.29 is 14.3 Å². The summed E-state index contributed by atoms with van der Waals surface area (Å²) in [6, 6.07) is 22.4. The molecule has 0 radical (unpaired) electrons. The van der Waals surface area contributed by atoms with Crippen LogP contribution >= 0.6 is 11.6 Å². The molecule has 29 heavy (non-hydrogen) atoms. The molecular formula is C23H17ClN2O3. The average molecular weight is 405 g/mol. The van der Waals surface area contributed by atoms with Crippen molar-refractivity contribution in [2.45, 2.75) is 12.8 Å². The van der Waals surface area contributed by atoms with Gasteiger partial charge in [-0.05, 0) is 60.5 Å². The topological polar surface area (TPSA) is 79.2 Å². The Morgan fingerprint density at radius 3 is 2.31 bits per heavy atom. The lowest BCUT2D eigenvalue weighted by Crippen LogP contribution is -2.12. The Balaban J connectivity index is 1.52. The maximum absolute atomic E-state index is 12.3. The summed E-state index contributed by atoms with van der Waals surface area (Å²) in [5.41, 5.74) is 2.48. The molecule has 0 aromatic heterocycles. The van der Waals surface area contributed by atoms with Crippen molar-refractivity contribution in [2.75, 3.05) is 5.32 Å². The number of ether oxygens (including phenoxy) is 1. The van der Waals surface area contributed by atoms with Gasteiger partial charge >= 0.3 is 5.97 Å². The van der Waals surface area contributed by atoms with Gasteiger partial charge in [0.25, 0.3) is 5.91 Å². The Bertz CT molecular complexity index is 1050. The number of nitriles is 1. The van der Waals surface area contributed by atoms with Gasteiger partial charge in [0.2, 0.25) is 0 Å².